The van der Waals surface area contributed by atoms with Gasteiger partial charge in [-0.2, -0.15) is 0 Å². The van der Waals surface area contributed by atoms with Crippen molar-refractivity contribution in [1.29, 1.82) is 0 Å². The van der Waals surface area contributed by atoms with E-state index in [9.17, 15) is 9.59 Å². The number of hydrogen-bond donors (Lipinski definition) is 2. The number of hydrogen-bond acceptors (Lipinski definition) is 6. The summed E-state index contributed by atoms with van der Waals surface area (Å²) in [6.07, 6.45) is 1.38. The molecule has 0 saturated heterocycles. The van der Waals surface area contributed by atoms with E-state index in [2.05, 4.69) is 10.3 Å². The Hall–Kier alpha value is -4.59. The van der Waals surface area contributed by atoms with Gasteiger partial charge in [-0.25, -0.2) is 4.98 Å². The minimum Gasteiger partial charge on any atom is -0.493 e. The maximum absolute atomic E-state index is 12.2. The standard InChI is InChI=1S/C33H36N2O6/c1-22(2)19-31(36)34-21-26-20-29(15-9-24(26)12-16-32(37)38)39-18-17-30-23(3)40-33(35-30)25-10-13-28(14-11-25)41-27-7-5-4-6-8-27/h4-11,13-15,20,22H,12,16-19,21H2,1-3H3,(H,34,36)(H,37,38). The molecule has 0 spiro atoms. The predicted molar refractivity (Wildman–Crippen MR) is 156 cm³/mol. The number of para-hydroxylation sites is 1. The first kappa shape index (κ1) is 29.4. The van der Waals surface area contributed by atoms with Crippen molar-refractivity contribution in [2.75, 3.05) is 6.61 Å². The topological polar surface area (TPSA) is 111 Å². The predicted octanol–water partition coefficient (Wildman–Crippen LogP) is 6.74. The number of nitrogens with zero attached hydrogens (tertiary/aromatic N) is 1. The number of carbonyl (C=O) groups is 2. The minimum absolute atomic E-state index is 0.0176. The molecule has 4 rings (SSSR count). The number of carboxylic acids is 1. The third kappa shape index (κ3) is 8.96. The zero-order valence-corrected chi connectivity index (χ0v) is 23.7. The number of benzene rings is 3. The lowest BCUT2D eigenvalue weighted by atomic mass is 10.0. The largest absolute Gasteiger partial charge is 0.493 e. The van der Waals surface area contributed by atoms with Gasteiger partial charge >= 0.3 is 5.97 Å². The molecule has 0 aliphatic heterocycles. The number of ether oxygens (including phenoxy) is 2. The normalized spacial score (nSPS) is 10.9. The number of rotatable bonds is 14. The van der Waals surface area contributed by atoms with Gasteiger partial charge in [0.1, 0.15) is 23.0 Å². The molecule has 41 heavy (non-hydrogen) atoms. The van der Waals surface area contributed by atoms with Gasteiger partial charge in [0.05, 0.1) is 12.3 Å². The number of aromatic nitrogens is 1. The van der Waals surface area contributed by atoms with Crippen molar-refractivity contribution in [3.63, 3.8) is 0 Å². The highest BCUT2D eigenvalue weighted by Crippen LogP contribution is 2.27. The van der Waals surface area contributed by atoms with E-state index in [4.69, 9.17) is 19.0 Å². The van der Waals surface area contributed by atoms with Gasteiger partial charge in [0, 0.05) is 31.4 Å². The van der Waals surface area contributed by atoms with Gasteiger partial charge < -0.3 is 24.3 Å². The van der Waals surface area contributed by atoms with Crippen LogP contribution in [-0.4, -0.2) is 28.6 Å². The Morgan fingerprint density at radius 2 is 1.63 bits per heavy atom. The second-order valence-electron chi connectivity index (χ2n) is 10.3. The average molecular weight is 557 g/mol. The highest BCUT2D eigenvalue weighted by molar-refractivity contribution is 5.76. The van der Waals surface area contributed by atoms with Crippen LogP contribution in [0.3, 0.4) is 0 Å². The van der Waals surface area contributed by atoms with Gasteiger partial charge in [0.25, 0.3) is 0 Å². The number of nitrogens with one attached hydrogen (secondary N) is 1. The summed E-state index contributed by atoms with van der Waals surface area (Å²) in [6, 6.07) is 22.8. The molecule has 0 fully saturated rings. The van der Waals surface area contributed by atoms with Gasteiger partial charge in [0.2, 0.25) is 11.8 Å². The van der Waals surface area contributed by atoms with E-state index >= 15 is 0 Å². The zero-order chi connectivity index (χ0) is 29.2. The minimum atomic E-state index is -0.862. The van der Waals surface area contributed by atoms with Crippen LogP contribution in [0.1, 0.15) is 49.3 Å². The fourth-order valence-electron chi connectivity index (χ4n) is 4.32. The van der Waals surface area contributed by atoms with Crippen molar-refractivity contribution in [3.05, 3.63) is 95.4 Å². The molecule has 0 aliphatic carbocycles. The first-order valence-electron chi connectivity index (χ1n) is 13.8. The van der Waals surface area contributed by atoms with Crippen LogP contribution < -0.4 is 14.8 Å². The Morgan fingerprint density at radius 3 is 2.34 bits per heavy atom. The highest BCUT2D eigenvalue weighted by atomic mass is 16.5. The van der Waals surface area contributed by atoms with E-state index < -0.39 is 5.97 Å². The van der Waals surface area contributed by atoms with E-state index in [1.165, 1.54) is 0 Å². The summed E-state index contributed by atoms with van der Waals surface area (Å²) in [5, 5.41) is 12.0. The monoisotopic (exact) mass is 556 g/mol. The van der Waals surface area contributed by atoms with Crippen molar-refractivity contribution < 1.29 is 28.6 Å². The third-order valence-corrected chi connectivity index (χ3v) is 6.44. The fourth-order valence-corrected chi connectivity index (χ4v) is 4.32. The van der Waals surface area contributed by atoms with Crippen LogP contribution in [0.2, 0.25) is 0 Å². The molecule has 8 nitrogen and oxygen atoms in total. The number of oxazole rings is 1. The summed E-state index contributed by atoms with van der Waals surface area (Å²) in [7, 11) is 0. The van der Waals surface area contributed by atoms with Crippen LogP contribution in [0.15, 0.2) is 77.2 Å². The lowest BCUT2D eigenvalue weighted by Crippen LogP contribution is -2.24. The van der Waals surface area contributed by atoms with Crippen LogP contribution in [-0.2, 0) is 29.0 Å². The van der Waals surface area contributed by atoms with Crippen LogP contribution in [0.5, 0.6) is 17.2 Å². The number of aliphatic carboxylic acids is 1. The number of carboxylic acid groups (broad SMARTS) is 1. The smallest absolute Gasteiger partial charge is 0.303 e. The Kier molecular flexibility index (Phi) is 10.2. The molecule has 0 aliphatic rings. The maximum atomic E-state index is 12.2. The van der Waals surface area contributed by atoms with Crippen LogP contribution >= 0.6 is 0 Å². The quantitative estimate of drug-likeness (QED) is 0.177. The summed E-state index contributed by atoms with van der Waals surface area (Å²) < 4.78 is 17.8. The second kappa shape index (κ2) is 14.2. The molecule has 0 unspecified atom stereocenters. The molecule has 1 heterocycles. The maximum Gasteiger partial charge on any atom is 0.303 e. The summed E-state index contributed by atoms with van der Waals surface area (Å²) in [6.45, 7) is 6.56. The first-order valence-corrected chi connectivity index (χ1v) is 13.8. The van der Waals surface area contributed by atoms with Crippen LogP contribution in [0, 0.1) is 12.8 Å². The Morgan fingerprint density at radius 1 is 0.927 bits per heavy atom. The molecule has 0 atom stereocenters. The van der Waals surface area contributed by atoms with Gasteiger partial charge in [-0.05, 0) is 78.9 Å². The van der Waals surface area contributed by atoms with Gasteiger partial charge in [0.15, 0.2) is 0 Å². The molecule has 0 saturated carbocycles. The zero-order valence-electron chi connectivity index (χ0n) is 23.7. The van der Waals surface area contributed by atoms with E-state index in [0.29, 0.717) is 44.1 Å². The van der Waals surface area contributed by atoms with Crippen molar-refractivity contribution in [2.45, 2.75) is 53.0 Å². The summed E-state index contributed by atoms with van der Waals surface area (Å²) >= 11 is 0. The SMILES string of the molecule is Cc1oc(-c2ccc(Oc3ccccc3)cc2)nc1CCOc1ccc(CCC(=O)O)c(CNC(=O)CC(C)C)c1. The molecule has 1 amide bonds. The average Bonchev–Trinajstić information content (AvgIpc) is 3.32. The molecule has 1 aromatic heterocycles. The van der Waals surface area contributed by atoms with Crippen LogP contribution in [0.4, 0.5) is 0 Å². The molecular formula is C33H36N2O6. The molecule has 214 valence electrons. The molecule has 3 aromatic carbocycles. The van der Waals surface area contributed by atoms with Crippen molar-refractivity contribution in [2.24, 2.45) is 5.92 Å². The molecule has 8 heteroatoms. The number of amides is 1. The van der Waals surface area contributed by atoms with E-state index in [-0.39, 0.29) is 18.2 Å². The Labute approximate surface area is 240 Å². The lowest BCUT2D eigenvalue weighted by molar-refractivity contribution is -0.137. The van der Waals surface area contributed by atoms with E-state index in [1.807, 2.05) is 93.6 Å². The van der Waals surface area contributed by atoms with Crippen molar-refractivity contribution in [3.8, 4) is 28.7 Å². The van der Waals surface area contributed by atoms with Crippen molar-refractivity contribution >= 4 is 11.9 Å². The highest BCUT2D eigenvalue weighted by Gasteiger charge is 2.14. The van der Waals surface area contributed by atoms with E-state index in [0.717, 1.165) is 39.6 Å². The first-order chi connectivity index (χ1) is 19.8. The molecule has 2 N–H and O–H groups in total. The molecule has 0 radical (unpaired) electrons. The lowest BCUT2D eigenvalue weighted by Gasteiger charge is -2.14. The number of carbonyl (C=O) groups excluding carboxylic acids is 1. The second-order valence-corrected chi connectivity index (χ2v) is 10.3. The van der Waals surface area contributed by atoms with Gasteiger partial charge in [-0.15, -0.1) is 0 Å². The summed E-state index contributed by atoms with van der Waals surface area (Å²) in [5.41, 5.74) is 3.38. The molecule has 4 aromatic rings. The number of aryl methyl sites for hydroxylation is 2. The Bertz CT molecular complexity index is 1440. The third-order valence-electron chi connectivity index (χ3n) is 6.44. The van der Waals surface area contributed by atoms with Crippen molar-refractivity contribution in [1.82, 2.24) is 10.3 Å². The van der Waals surface area contributed by atoms with Gasteiger partial charge in [-0.1, -0.05) is 38.1 Å². The van der Waals surface area contributed by atoms with E-state index in [1.54, 1.807) is 0 Å². The van der Waals surface area contributed by atoms with Crippen LogP contribution in [0.25, 0.3) is 11.5 Å². The Balaban J connectivity index is 1.36. The fraction of sp³-hybridized carbons (Fsp3) is 0.303. The van der Waals surface area contributed by atoms with Gasteiger partial charge in [-0.3, -0.25) is 9.59 Å². The molecule has 0 bridgehead atoms. The molecular weight excluding hydrogens is 520 g/mol. The summed E-state index contributed by atoms with van der Waals surface area (Å²) in [5.74, 6) is 2.76. The summed E-state index contributed by atoms with van der Waals surface area (Å²) in [4.78, 5) is 28.0.